The third-order valence-corrected chi connectivity index (χ3v) is 1.95. The van der Waals surface area contributed by atoms with Crippen molar-refractivity contribution in [2.24, 2.45) is 0 Å². The van der Waals surface area contributed by atoms with Crippen LogP contribution in [0, 0.1) is 6.20 Å². The largest absolute Gasteiger partial charge is 0.342 e. The van der Waals surface area contributed by atoms with E-state index >= 15 is 0 Å². The summed E-state index contributed by atoms with van der Waals surface area (Å²) >= 11 is 0. The number of carbonyl (C=O) groups excluding carboxylic acids is 1. The number of carbonyl (C=O) groups is 1. The van der Waals surface area contributed by atoms with Gasteiger partial charge in [0.15, 0.2) is 0 Å². The molecule has 0 spiro atoms. The van der Waals surface area contributed by atoms with Crippen molar-refractivity contribution in [3.63, 3.8) is 0 Å². The summed E-state index contributed by atoms with van der Waals surface area (Å²) in [5, 5.41) is 6.45. The van der Waals surface area contributed by atoms with Crippen LogP contribution in [0.15, 0.2) is 42.6 Å². The highest BCUT2D eigenvalue weighted by molar-refractivity contribution is 5.75. The lowest BCUT2D eigenvalue weighted by Gasteiger charge is -2.04. The Morgan fingerprint density at radius 1 is 1.40 bits per heavy atom. The van der Waals surface area contributed by atoms with Crippen LogP contribution in [0.25, 0.3) is 0 Å². The Labute approximate surface area is 87.5 Å². The molecule has 2 rings (SSSR count). The van der Waals surface area contributed by atoms with Crippen molar-refractivity contribution in [2.45, 2.75) is 6.54 Å². The Morgan fingerprint density at radius 3 is 2.87 bits per heavy atom. The Hall–Kier alpha value is -2.10. The normalized spacial score (nSPS) is 9.87. The van der Waals surface area contributed by atoms with Crippen molar-refractivity contribution in [3.8, 4) is 0 Å². The van der Waals surface area contributed by atoms with E-state index in [1.807, 2.05) is 30.3 Å². The van der Waals surface area contributed by atoms with Gasteiger partial charge in [0.05, 0.1) is 0 Å². The van der Waals surface area contributed by atoms with Gasteiger partial charge in [-0.1, -0.05) is 30.3 Å². The number of nitrogens with one attached hydrogen (secondary N) is 1. The van der Waals surface area contributed by atoms with Crippen LogP contribution in [-0.4, -0.2) is 15.8 Å². The number of aromatic nitrogens is 2. The summed E-state index contributed by atoms with van der Waals surface area (Å²) in [5.74, 6) is 0. The van der Waals surface area contributed by atoms with Gasteiger partial charge in [0.2, 0.25) is 0 Å². The molecular weight excluding hydrogens is 190 g/mol. The molecule has 15 heavy (non-hydrogen) atoms. The first-order valence-electron chi connectivity index (χ1n) is 4.60. The molecule has 0 saturated carbocycles. The Bertz CT molecular complexity index is 422. The van der Waals surface area contributed by atoms with Crippen molar-refractivity contribution in [2.75, 3.05) is 0 Å². The van der Waals surface area contributed by atoms with Crippen molar-refractivity contribution < 1.29 is 4.79 Å². The van der Waals surface area contributed by atoms with E-state index in [-0.39, 0.29) is 6.03 Å². The molecule has 0 aliphatic rings. The summed E-state index contributed by atoms with van der Waals surface area (Å²) in [6.45, 7) is 0.500. The van der Waals surface area contributed by atoms with Crippen LogP contribution < -0.4 is 5.32 Å². The van der Waals surface area contributed by atoms with Crippen LogP contribution in [0.2, 0.25) is 0 Å². The van der Waals surface area contributed by atoms with Crippen LogP contribution in [0.4, 0.5) is 4.79 Å². The maximum atomic E-state index is 11.4. The predicted molar refractivity (Wildman–Crippen MR) is 55.1 cm³/mol. The summed E-state index contributed by atoms with van der Waals surface area (Å²) in [4.78, 5) is 11.4. The van der Waals surface area contributed by atoms with Gasteiger partial charge in [-0.15, -0.1) is 0 Å². The second-order valence-electron chi connectivity index (χ2n) is 3.03. The summed E-state index contributed by atoms with van der Waals surface area (Å²) in [5.41, 5.74) is 1.06. The van der Waals surface area contributed by atoms with Crippen LogP contribution in [0.5, 0.6) is 0 Å². The molecule has 0 unspecified atom stereocenters. The Kier molecular flexibility index (Phi) is 2.78. The first-order chi connectivity index (χ1) is 7.36. The molecule has 75 valence electrons. The van der Waals surface area contributed by atoms with Gasteiger partial charge in [-0.05, 0) is 11.6 Å². The number of hydrogen-bond donors (Lipinski definition) is 1. The smallest absolute Gasteiger partial charge is 0.332 e. The minimum Gasteiger partial charge on any atom is -0.332 e. The van der Waals surface area contributed by atoms with E-state index in [9.17, 15) is 4.79 Å². The van der Waals surface area contributed by atoms with E-state index in [4.69, 9.17) is 0 Å². The van der Waals surface area contributed by atoms with E-state index in [2.05, 4.69) is 16.6 Å². The summed E-state index contributed by atoms with van der Waals surface area (Å²) < 4.78 is 1.21. The molecule has 0 aliphatic carbocycles. The lowest BCUT2D eigenvalue weighted by Crippen LogP contribution is -2.28. The van der Waals surface area contributed by atoms with Gasteiger partial charge < -0.3 is 5.32 Å². The van der Waals surface area contributed by atoms with Gasteiger partial charge in [-0.2, -0.15) is 9.78 Å². The second-order valence-corrected chi connectivity index (χ2v) is 3.03. The molecule has 0 fully saturated rings. The van der Waals surface area contributed by atoms with Gasteiger partial charge in [0.1, 0.15) is 6.20 Å². The third kappa shape index (κ3) is 2.43. The molecule has 1 amide bonds. The zero-order valence-electron chi connectivity index (χ0n) is 8.05. The molecule has 0 saturated heterocycles. The highest BCUT2D eigenvalue weighted by Crippen LogP contribution is 1.97. The maximum Gasteiger partial charge on any atom is 0.342 e. The first kappa shape index (κ1) is 9.45. The first-order valence-corrected chi connectivity index (χ1v) is 4.60. The minimum absolute atomic E-state index is 0.250. The number of amides is 1. The molecule has 0 atom stereocenters. The molecule has 2 aromatic rings. The van der Waals surface area contributed by atoms with Crippen molar-refractivity contribution >= 4 is 6.03 Å². The number of hydrogen-bond acceptors (Lipinski definition) is 2. The Morgan fingerprint density at radius 2 is 2.20 bits per heavy atom. The van der Waals surface area contributed by atoms with Gasteiger partial charge in [-0.3, -0.25) is 0 Å². The van der Waals surface area contributed by atoms with E-state index in [0.717, 1.165) is 5.56 Å². The van der Waals surface area contributed by atoms with E-state index in [1.54, 1.807) is 12.3 Å². The fourth-order valence-electron chi connectivity index (χ4n) is 1.20. The lowest BCUT2D eigenvalue weighted by molar-refractivity contribution is 0.239. The summed E-state index contributed by atoms with van der Waals surface area (Å²) in [7, 11) is 0. The van der Waals surface area contributed by atoms with Crippen LogP contribution in [-0.2, 0) is 6.54 Å². The molecule has 0 aliphatic heterocycles. The zero-order chi connectivity index (χ0) is 10.5. The third-order valence-electron chi connectivity index (χ3n) is 1.95. The minimum atomic E-state index is -0.250. The van der Waals surface area contributed by atoms with E-state index in [0.29, 0.717) is 6.54 Å². The molecule has 1 heterocycles. The molecule has 1 aromatic carbocycles. The zero-order valence-corrected chi connectivity index (χ0v) is 8.05. The standard InChI is InChI=1S/C11H10N3O/c15-11(14-8-4-7-13-14)12-9-10-5-2-1-3-6-10/h1-6,8H,9H2,(H,12,15). The molecule has 1 N–H and O–H groups in total. The maximum absolute atomic E-state index is 11.4. The number of benzene rings is 1. The number of rotatable bonds is 2. The van der Waals surface area contributed by atoms with Crippen LogP contribution >= 0.6 is 0 Å². The highest BCUT2D eigenvalue weighted by atomic mass is 16.2. The molecule has 4 nitrogen and oxygen atoms in total. The lowest BCUT2D eigenvalue weighted by atomic mass is 10.2. The van der Waals surface area contributed by atoms with Crippen LogP contribution in [0.1, 0.15) is 5.56 Å². The average Bonchev–Trinajstić information content (AvgIpc) is 2.81. The van der Waals surface area contributed by atoms with Crippen molar-refractivity contribution in [1.29, 1.82) is 0 Å². The van der Waals surface area contributed by atoms with E-state index in [1.165, 1.54) is 4.68 Å². The quantitative estimate of drug-likeness (QED) is 0.797. The topological polar surface area (TPSA) is 46.9 Å². The highest BCUT2D eigenvalue weighted by Gasteiger charge is 2.02. The summed E-state index contributed by atoms with van der Waals surface area (Å²) in [6, 6.07) is 11.0. The second kappa shape index (κ2) is 4.41. The SMILES string of the molecule is O=C(NCc1ccccc1)n1cc[c]n1. The van der Waals surface area contributed by atoms with Gasteiger partial charge in [0.25, 0.3) is 0 Å². The molecule has 0 bridgehead atoms. The predicted octanol–water partition coefficient (Wildman–Crippen LogP) is 1.44. The fraction of sp³-hybridized carbons (Fsp3) is 0.0909. The number of nitrogens with zero attached hydrogens (tertiary/aromatic N) is 2. The summed E-state index contributed by atoms with van der Waals surface area (Å²) in [6.07, 6.45) is 4.12. The molecular formula is C11H10N3O. The monoisotopic (exact) mass is 200 g/mol. The fourth-order valence-corrected chi connectivity index (χ4v) is 1.20. The average molecular weight is 200 g/mol. The van der Waals surface area contributed by atoms with Gasteiger partial charge >= 0.3 is 6.03 Å². The molecule has 4 heteroatoms. The Balaban J connectivity index is 1.92. The molecule has 1 radical (unpaired) electrons. The molecule has 1 aromatic heterocycles. The van der Waals surface area contributed by atoms with Gasteiger partial charge in [-0.25, -0.2) is 4.79 Å². The van der Waals surface area contributed by atoms with E-state index < -0.39 is 0 Å². The van der Waals surface area contributed by atoms with Crippen LogP contribution in [0.3, 0.4) is 0 Å². The van der Waals surface area contributed by atoms with Crippen molar-refractivity contribution in [3.05, 3.63) is 54.4 Å². The van der Waals surface area contributed by atoms with Crippen molar-refractivity contribution in [1.82, 2.24) is 15.1 Å². The van der Waals surface area contributed by atoms with Gasteiger partial charge in [0, 0.05) is 12.7 Å².